The molecule has 0 fully saturated rings. The number of rotatable bonds is 7. The molecule has 1 N–H and O–H groups in total. The number of nitrogens with one attached hydrogen (secondary N) is 1. The van der Waals surface area contributed by atoms with E-state index in [4.69, 9.17) is 0 Å². The minimum Gasteiger partial charge on any atom is -0.351 e. The number of halogens is 1. The Morgan fingerprint density at radius 3 is 2.72 bits per heavy atom. The van der Waals surface area contributed by atoms with Gasteiger partial charge in [-0.05, 0) is 46.8 Å². The number of carbonyl (C=O) groups excluding carboxylic acids is 1. The Morgan fingerprint density at radius 1 is 1.50 bits per heavy atom. The lowest BCUT2D eigenvalue weighted by molar-refractivity contribution is 0.0950. The van der Waals surface area contributed by atoms with Crippen molar-refractivity contribution in [2.75, 3.05) is 6.54 Å². The second kappa shape index (κ2) is 7.95. The molecule has 0 aromatic carbocycles. The molecule has 0 saturated heterocycles. The maximum Gasteiger partial charge on any atom is 0.261 e. The number of amides is 1. The molecule has 2 nitrogen and oxygen atoms in total. The van der Waals surface area contributed by atoms with Crippen molar-refractivity contribution in [3.05, 3.63) is 20.3 Å². The van der Waals surface area contributed by atoms with E-state index >= 15 is 0 Å². The summed E-state index contributed by atoms with van der Waals surface area (Å²) in [6.45, 7) is 7.20. The summed E-state index contributed by atoms with van der Waals surface area (Å²) in [5.74, 6) is 0.669. The number of hydrogen-bond donors (Lipinski definition) is 1. The molecule has 4 heteroatoms. The summed E-state index contributed by atoms with van der Waals surface area (Å²) in [5, 5.41) is 3.05. The molecule has 1 amide bonds. The van der Waals surface area contributed by atoms with Crippen LogP contribution in [0, 0.1) is 12.8 Å². The largest absolute Gasteiger partial charge is 0.351 e. The van der Waals surface area contributed by atoms with Crippen molar-refractivity contribution in [3.63, 3.8) is 0 Å². The minimum absolute atomic E-state index is 0.0590. The Hall–Kier alpha value is -0.350. The van der Waals surface area contributed by atoms with E-state index in [0.29, 0.717) is 5.92 Å². The Bertz CT molecular complexity index is 370. The summed E-state index contributed by atoms with van der Waals surface area (Å²) in [6.07, 6.45) is 4.81. The van der Waals surface area contributed by atoms with Crippen LogP contribution in [0.5, 0.6) is 0 Å². The van der Waals surface area contributed by atoms with Crippen molar-refractivity contribution in [3.8, 4) is 0 Å². The first-order chi connectivity index (χ1) is 8.58. The molecule has 0 bridgehead atoms. The molecule has 1 aromatic rings. The van der Waals surface area contributed by atoms with Gasteiger partial charge in [0.25, 0.3) is 5.91 Å². The summed E-state index contributed by atoms with van der Waals surface area (Å²) in [5.41, 5.74) is 1.13. The topological polar surface area (TPSA) is 29.1 Å². The summed E-state index contributed by atoms with van der Waals surface area (Å²) >= 11 is 4.95. The van der Waals surface area contributed by atoms with Gasteiger partial charge in [0.15, 0.2) is 0 Å². The lowest BCUT2D eigenvalue weighted by Crippen LogP contribution is -2.28. The summed E-state index contributed by atoms with van der Waals surface area (Å²) < 4.78 is 1.05. The molecule has 0 spiro atoms. The average molecular weight is 332 g/mol. The monoisotopic (exact) mass is 331 g/mol. The van der Waals surface area contributed by atoms with E-state index in [9.17, 15) is 4.79 Å². The third-order valence-electron chi connectivity index (χ3n) is 3.18. The number of unbranched alkanes of at least 4 members (excludes halogenated alkanes) is 1. The molecular weight excluding hydrogens is 310 g/mol. The molecule has 0 saturated carbocycles. The van der Waals surface area contributed by atoms with Crippen molar-refractivity contribution < 1.29 is 4.79 Å². The van der Waals surface area contributed by atoms with Gasteiger partial charge in [-0.3, -0.25) is 4.79 Å². The van der Waals surface area contributed by atoms with Gasteiger partial charge in [0.05, 0.1) is 8.66 Å². The van der Waals surface area contributed by atoms with Crippen LogP contribution < -0.4 is 5.32 Å². The highest BCUT2D eigenvalue weighted by atomic mass is 79.9. The zero-order chi connectivity index (χ0) is 13.5. The Labute approximate surface area is 122 Å². The zero-order valence-corrected chi connectivity index (χ0v) is 13.8. The molecular formula is C14H22BrNOS. The smallest absolute Gasteiger partial charge is 0.261 e. The fourth-order valence-electron chi connectivity index (χ4n) is 1.84. The average Bonchev–Trinajstić information content (AvgIpc) is 2.70. The molecule has 1 heterocycles. The van der Waals surface area contributed by atoms with Crippen LogP contribution in [-0.4, -0.2) is 12.5 Å². The van der Waals surface area contributed by atoms with E-state index in [2.05, 4.69) is 35.1 Å². The molecule has 1 atom stereocenters. The molecule has 0 aliphatic carbocycles. The van der Waals surface area contributed by atoms with Crippen molar-refractivity contribution >= 4 is 33.2 Å². The lowest BCUT2D eigenvalue weighted by Gasteiger charge is -2.14. The highest BCUT2D eigenvalue weighted by molar-refractivity contribution is 9.11. The van der Waals surface area contributed by atoms with Crippen LogP contribution >= 0.6 is 27.3 Å². The molecule has 1 unspecified atom stereocenters. The molecule has 102 valence electrons. The highest BCUT2D eigenvalue weighted by Crippen LogP contribution is 2.27. The lowest BCUT2D eigenvalue weighted by atomic mass is 9.99. The SMILES string of the molecule is CCCCC(CC)CNC(=O)c1cc(C)c(Br)s1. The van der Waals surface area contributed by atoms with E-state index in [1.165, 1.54) is 30.6 Å². The molecule has 0 aliphatic rings. The van der Waals surface area contributed by atoms with Crippen LogP contribution in [0.25, 0.3) is 0 Å². The first-order valence-electron chi connectivity index (χ1n) is 6.62. The second-order valence-corrected chi connectivity index (χ2v) is 7.06. The van der Waals surface area contributed by atoms with Gasteiger partial charge in [-0.2, -0.15) is 0 Å². The van der Waals surface area contributed by atoms with Gasteiger partial charge in [-0.1, -0.05) is 33.1 Å². The van der Waals surface area contributed by atoms with E-state index in [1.54, 1.807) is 0 Å². The predicted octanol–water partition coefficient (Wildman–Crippen LogP) is 4.77. The van der Waals surface area contributed by atoms with Crippen LogP contribution in [-0.2, 0) is 0 Å². The third-order valence-corrected chi connectivity index (χ3v) is 5.31. The van der Waals surface area contributed by atoms with E-state index in [-0.39, 0.29) is 5.91 Å². The summed E-state index contributed by atoms with van der Waals surface area (Å²) in [4.78, 5) is 12.8. The van der Waals surface area contributed by atoms with Gasteiger partial charge in [0.1, 0.15) is 0 Å². The number of aryl methyl sites for hydroxylation is 1. The van der Waals surface area contributed by atoms with Crippen molar-refractivity contribution in [1.29, 1.82) is 0 Å². The Morgan fingerprint density at radius 2 is 2.22 bits per heavy atom. The van der Waals surface area contributed by atoms with E-state index in [0.717, 1.165) is 27.2 Å². The predicted molar refractivity (Wildman–Crippen MR) is 82.4 cm³/mol. The standard InChI is InChI=1S/C14H22BrNOS/c1-4-6-7-11(5-2)9-16-14(17)12-8-10(3)13(15)18-12/h8,11H,4-7,9H2,1-3H3,(H,16,17). The van der Waals surface area contributed by atoms with Gasteiger partial charge in [-0.15, -0.1) is 11.3 Å². The number of carbonyl (C=O) groups is 1. The van der Waals surface area contributed by atoms with E-state index in [1.807, 2.05) is 13.0 Å². The highest BCUT2D eigenvalue weighted by Gasteiger charge is 2.13. The molecule has 18 heavy (non-hydrogen) atoms. The van der Waals surface area contributed by atoms with Crippen LogP contribution in [0.15, 0.2) is 9.85 Å². The first kappa shape index (κ1) is 15.7. The Balaban J connectivity index is 2.44. The Kier molecular flexibility index (Phi) is 6.94. The normalized spacial score (nSPS) is 12.4. The number of hydrogen-bond acceptors (Lipinski definition) is 2. The van der Waals surface area contributed by atoms with Crippen molar-refractivity contribution in [1.82, 2.24) is 5.32 Å². The van der Waals surface area contributed by atoms with Crippen LogP contribution in [0.4, 0.5) is 0 Å². The maximum absolute atomic E-state index is 12.0. The third kappa shape index (κ3) is 4.73. The van der Waals surface area contributed by atoms with Crippen molar-refractivity contribution in [2.24, 2.45) is 5.92 Å². The second-order valence-electron chi connectivity index (χ2n) is 4.69. The maximum atomic E-state index is 12.0. The van der Waals surface area contributed by atoms with Crippen LogP contribution in [0.1, 0.15) is 54.8 Å². The van der Waals surface area contributed by atoms with E-state index < -0.39 is 0 Å². The molecule has 0 radical (unpaired) electrons. The van der Waals surface area contributed by atoms with Crippen molar-refractivity contribution in [2.45, 2.75) is 46.5 Å². The summed E-state index contributed by atoms with van der Waals surface area (Å²) in [7, 11) is 0. The molecule has 0 aliphatic heterocycles. The fourth-order valence-corrected chi connectivity index (χ4v) is 3.29. The van der Waals surface area contributed by atoms with Crippen LogP contribution in [0.2, 0.25) is 0 Å². The zero-order valence-electron chi connectivity index (χ0n) is 11.4. The van der Waals surface area contributed by atoms with Gasteiger partial charge < -0.3 is 5.32 Å². The first-order valence-corrected chi connectivity index (χ1v) is 8.23. The molecule has 1 aromatic heterocycles. The van der Waals surface area contributed by atoms with Gasteiger partial charge in [0.2, 0.25) is 0 Å². The summed E-state index contributed by atoms with van der Waals surface area (Å²) in [6, 6.07) is 1.94. The van der Waals surface area contributed by atoms with Crippen LogP contribution in [0.3, 0.4) is 0 Å². The van der Waals surface area contributed by atoms with Gasteiger partial charge in [-0.25, -0.2) is 0 Å². The number of thiophene rings is 1. The minimum atomic E-state index is 0.0590. The quantitative estimate of drug-likeness (QED) is 0.766. The van der Waals surface area contributed by atoms with Gasteiger partial charge in [0, 0.05) is 6.54 Å². The van der Waals surface area contributed by atoms with Gasteiger partial charge >= 0.3 is 0 Å². The fraction of sp³-hybridized carbons (Fsp3) is 0.643. The molecule has 1 rings (SSSR count).